The summed E-state index contributed by atoms with van der Waals surface area (Å²) >= 11 is 7.45. The van der Waals surface area contributed by atoms with Gasteiger partial charge in [0.1, 0.15) is 23.5 Å². The van der Waals surface area contributed by atoms with E-state index in [9.17, 15) is 19.6 Å². The second kappa shape index (κ2) is 15.3. The van der Waals surface area contributed by atoms with E-state index in [0.29, 0.717) is 31.7 Å². The van der Waals surface area contributed by atoms with E-state index in [2.05, 4.69) is 21.3 Å². The summed E-state index contributed by atoms with van der Waals surface area (Å²) in [6.45, 7) is 4.97. The Morgan fingerprint density at radius 3 is 2.79 bits per heavy atom. The van der Waals surface area contributed by atoms with Crippen LogP contribution in [0.15, 0.2) is 71.3 Å². The number of oxazole rings is 1. The number of piperidine rings is 1. The van der Waals surface area contributed by atoms with Gasteiger partial charge in [0.05, 0.1) is 24.2 Å². The van der Waals surface area contributed by atoms with Crippen LogP contribution in [0.4, 0.5) is 4.39 Å². The first-order valence-electron chi connectivity index (χ1n) is 17.7. The van der Waals surface area contributed by atoms with E-state index < -0.39 is 23.0 Å². The molecule has 2 saturated heterocycles. The molecule has 270 valence electrons. The summed E-state index contributed by atoms with van der Waals surface area (Å²) < 4.78 is 25.5. The maximum Gasteiger partial charge on any atom is 0.271 e. The highest BCUT2D eigenvalue weighted by molar-refractivity contribution is 6.28. The molecule has 12 heteroatoms. The molecule has 10 nitrogen and oxygen atoms in total. The monoisotopic (exact) mass is 724 g/mol. The van der Waals surface area contributed by atoms with Crippen LogP contribution in [0.5, 0.6) is 0 Å². The number of aliphatic hydroxyl groups is 1. The normalized spacial score (nSPS) is 22.6. The Hall–Kier alpha value is -4.44. The predicted octanol–water partition coefficient (Wildman–Crippen LogP) is 5.94. The van der Waals surface area contributed by atoms with E-state index in [1.54, 1.807) is 31.5 Å². The Morgan fingerprint density at radius 2 is 2.04 bits per heavy atom. The zero-order chi connectivity index (χ0) is 36.4. The van der Waals surface area contributed by atoms with Crippen molar-refractivity contribution in [3.8, 4) is 6.07 Å². The number of rotatable bonds is 11. The highest BCUT2D eigenvalue weighted by atomic mass is 35.5. The van der Waals surface area contributed by atoms with Gasteiger partial charge >= 0.3 is 0 Å². The number of benzene rings is 2. The molecule has 1 amide bonds. The van der Waals surface area contributed by atoms with Gasteiger partial charge in [-0.1, -0.05) is 42.8 Å². The molecular formula is C40H42ClFN6O4. The third-order valence-corrected chi connectivity index (χ3v) is 11.0. The number of carbonyl (C=O) groups is 1. The molecule has 2 N–H and O–H groups in total. The molecule has 7 rings (SSSR count). The fourth-order valence-corrected chi connectivity index (χ4v) is 7.95. The standard InChI is InChI=1S/C40H42ClFN6O4/c1-25-8-3-4-10-32(25)33-11-7-12-40(37(33)41,39-45-34-15-26(19-47-21-30(42)22-47)14-27(17-43)36(34)52-39)46-38(50)35-16-28(24-51-2)29(18-44-35)20-48-13-6-5-9-31(48)23-49/h3-4,7-8,10-12,14-16,18,30-31,37,49H,5-6,9,13,19-24H2,1-2H3,(H,46,50)/t31-,37?,40?/m0/s1. The number of nitrogens with one attached hydrogen (secondary N) is 1. The fourth-order valence-electron chi connectivity index (χ4n) is 7.54. The highest BCUT2D eigenvalue weighted by Crippen LogP contribution is 2.43. The predicted molar refractivity (Wildman–Crippen MR) is 196 cm³/mol. The lowest BCUT2D eigenvalue weighted by Gasteiger charge is -2.37. The quantitative estimate of drug-likeness (QED) is 0.181. The number of nitrogens with zero attached hydrogens (tertiary/aromatic N) is 5. The molecule has 1 aliphatic carbocycles. The molecular weight excluding hydrogens is 683 g/mol. The largest absolute Gasteiger partial charge is 0.436 e. The Labute approximate surface area is 307 Å². The Morgan fingerprint density at radius 1 is 1.21 bits per heavy atom. The lowest BCUT2D eigenvalue weighted by molar-refractivity contribution is 0.0591. The number of fused-ring (bicyclic) bond motifs is 1. The van der Waals surface area contributed by atoms with Crippen molar-refractivity contribution in [3.63, 3.8) is 0 Å². The summed E-state index contributed by atoms with van der Waals surface area (Å²) in [4.78, 5) is 28.1. The van der Waals surface area contributed by atoms with Gasteiger partial charge in [-0.15, -0.1) is 11.6 Å². The smallest absolute Gasteiger partial charge is 0.271 e. The van der Waals surface area contributed by atoms with Crippen LogP contribution in [-0.2, 0) is 30.0 Å². The highest BCUT2D eigenvalue weighted by Gasteiger charge is 2.47. The maximum atomic E-state index is 14.4. The van der Waals surface area contributed by atoms with E-state index in [0.717, 1.165) is 59.2 Å². The number of aryl methyl sites for hydroxylation is 1. The van der Waals surface area contributed by atoms with Crippen molar-refractivity contribution < 1.29 is 23.4 Å². The number of nitriles is 1. The van der Waals surface area contributed by atoms with Gasteiger partial charge < -0.3 is 19.6 Å². The molecule has 0 radical (unpaired) electrons. The van der Waals surface area contributed by atoms with Crippen LogP contribution in [0, 0.1) is 18.3 Å². The third-order valence-electron chi connectivity index (χ3n) is 10.4. The summed E-state index contributed by atoms with van der Waals surface area (Å²) in [5, 5.41) is 22.4. The number of ether oxygens (including phenoxy) is 1. The van der Waals surface area contributed by atoms with E-state index in [-0.39, 0.29) is 42.0 Å². The molecule has 4 aromatic rings. The van der Waals surface area contributed by atoms with Crippen molar-refractivity contribution in [1.29, 1.82) is 5.26 Å². The molecule has 2 unspecified atom stereocenters. The second-order valence-corrected chi connectivity index (χ2v) is 14.4. The molecule has 0 spiro atoms. The summed E-state index contributed by atoms with van der Waals surface area (Å²) in [5.74, 6) is -0.389. The van der Waals surface area contributed by atoms with Gasteiger partial charge in [-0.25, -0.2) is 9.37 Å². The molecule has 3 aliphatic rings. The number of allylic oxidation sites excluding steroid dienone is 2. The molecule has 2 aromatic heterocycles. The number of carbonyl (C=O) groups excluding carboxylic acids is 1. The van der Waals surface area contributed by atoms with Crippen LogP contribution < -0.4 is 5.32 Å². The van der Waals surface area contributed by atoms with Gasteiger partial charge in [0, 0.05) is 45.5 Å². The maximum absolute atomic E-state index is 14.4. The first-order chi connectivity index (χ1) is 25.2. The van der Waals surface area contributed by atoms with E-state index in [1.807, 2.05) is 54.3 Å². The molecule has 2 aromatic carbocycles. The lowest BCUT2D eigenvalue weighted by atomic mass is 9.81. The van der Waals surface area contributed by atoms with Gasteiger partial charge in [-0.2, -0.15) is 5.26 Å². The van der Waals surface area contributed by atoms with Crippen LogP contribution >= 0.6 is 11.6 Å². The first kappa shape index (κ1) is 35.9. The van der Waals surface area contributed by atoms with Gasteiger partial charge in [0.25, 0.3) is 5.91 Å². The summed E-state index contributed by atoms with van der Waals surface area (Å²) in [6.07, 6.45) is 9.44. The van der Waals surface area contributed by atoms with Crippen molar-refractivity contribution in [2.45, 2.75) is 69.0 Å². The fraction of sp³-hybridized carbons (Fsp3) is 0.400. The average molecular weight is 725 g/mol. The topological polar surface area (TPSA) is 128 Å². The Bertz CT molecular complexity index is 2070. The Balaban J connectivity index is 1.27. The number of alkyl halides is 2. The zero-order valence-corrected chi connectivity index (χ0v) is 30.1. The van der Waals surface area contributed by atoms with Crippen LogP contribution in [0.1, 0.15) is 69.0 Å². The van der Waals surface area contributed by atoms with Crippen molar-refractivity contribution in [2.75, 3.05) is 33.4 Å². The number of halogens is 2. The second-order valence-electron chi connectivity index (χ2n) is 14.0. The summed E-state index contributed by atoms with van der Waals surface area (Å²) in [5.41, 5.74) is 4.87. The lowest BCUT2D eigenvalue weighted by Crippen LogP contribution is -2.52. The minimum Gasteiger partial charge on any atom is -0.436 e. The van der Waals surface area contributed by atoms with Crippen molar-refractivity contribution in [1.82, 2.24) is 25.1 Å². The zero-order valence-electron chi connectivity index (χ0n) is 29.3. The molecule has 2 aliphatic heterocycles. The van der Waals surface area contributed by atoms with E-state index >= 15 is 0 Å². The number of aromatic nitrogens is 2. The minimum atomic E-state index is -1.49. The first-order valence-corrected chi connectivity index (χ1v) is 18.1. The van der Waals surface area contributed by atoms with Crippen LogP contribution in [0.3, 0.4) is 0 Å². The average Bonchev–Trinajstić information content (AvgIpc) is 3.58. The number of pyridine rings is 1. The molecule has 2 fully saturated rings. The molecule has 52 heavy (non-hydrogen) atoms. The number of methoxy groups -OCH3 is 1. The molecule has 0 bridgehead atoms. The Kier molecular flexibility index (Phi) is 10.6. The number of hydrogen-bond acceptors (Lipinski definition) is 9. The van der Waals surface area contributed by atoms with Crippen molar-refractivity contribution in [3.05, 3.63) is 112 Å². The number of aliphatic hydroxyl groups excluding tert-OH is 1. The van der Waals surface area contributed by atoms with Crippen LogP contribution in [0.25, 0.3) is 16.7 Å². The number of likely N-dealkylation sites (tertiary alicyclic amines) is 2. The number of amides is 1. The van der Waals surface area contributed by atoms with E-state index in [4.69, 9.17) is 25.7 Å². The van der Waals surface area contributed by atoms with Crippen LogP contribution in [0.2, 0.25) is 0 Å². The SMILES string of the molecule is COCc1cc(C(=O)NC2(c3nc4cc(CN5CC(F)C5)cc(C#N)c4o3)C=CC=C(c3ccccc3C)C2Cl)ncc1CN1CCCC[C@H]1CO. The minimum absolute atomic E-state index is 0.0772. The van der Waals surface area contributed by atoms with Gasteiger partial charge in [0.15, 0.2) is 11.1 Å². The molecule has 4 heterocycles. The van der Waals surface area contributed by atoms with Gasteiger partial charge in [-0.05, 0) is 84.0 Å². The number of hydrogen-bond donors (Lipinski definition) is 2. The molecule has 0 saturated carbocycles. The van der Waals surface area contributed by atoms with Crippen molar-refractivity contribution in [2.24, 2.45) is 0 Å². The third kappa shape index (κ3) is 7.01. The summed E-state index contributed by atoms with van der Waals surface area (Å²) in [6, 6.07) is 15.5. The van der Waals surface area contributed by atoms with Gasteiger partial charge in [-0.3, -0.25) is 19.6 Å². The van der Waals surface area contributed by atoms with Gasteiger partial charge in [0.2, 0.25) is 5.89 Å². The van der Waals surface area contributed by atoms with Crippen LogP contribution in [-0.4, -0.2) is 81.7 Å². The van der Waals surface area contributed by atoms with E-state index in [1.165, 1.54) is 0 Å². The van der Waals surface area contributed by atoms with Crippen molar-refractivity contribution >= 4 is 34.2 Å². The summed E-state index contributed by atoms with van der Waals surface area (Å²) in [7, 11) is 1.61. The molecule has 3 atom stereocenters.